The molecular formula is C10H15NO. The molecule has 3 rings (SSSR count). The van der Waals surface area contributed by atoms with Gasteiger partial charge < -0.3 is 0 Å². The number of ketones is 1. The van der Waals surface area contributed by atoms with Crippen LogP contribution in [0, 0.1) is 11.8 Å². The highest BCUT2D eigenvalue weighted by Crippen LogP contribution is 2.52. The molecule has 0 aromatic rings. The molecular weight excluding hydrogens is 150 g/mol. The van der Waals surface area contributed by atoms with Crippen LogP contribution in [0.25, 0.3) is 0 Å². The molecule has 0 spiro atoms. The SMILES string of the molecule is CN1[C@@H]2CC(=O)C[C@@H]1[C@H]1CC[C@@H]12. The number of carbonyl (C=O) groups is 1. The van der Waals surface area contributed by atoms with Gasteiger partial charge in [-0.3, -0.25) is 9.69 Å². The second-order valence-electron chi connectivity index (χ2n) is 4.65. The van der Waals surface area contributed by atoms with Crippen LogP contribution >= 0.6 is 0 Å². The molecule has 12 heavy (non-hydrogen) atoms. The predicted molar refractivity (Wildman–Crippen MR) is 45.8 cm³/mol. The predicted octanol–water partition coefficient (Wildman–Crippen LogP) is 1.06. The van der Waals surface area contributed by atoms with Crippen LogP contribution in [0.2, 0.25) is 0 Å². The van der Waals surface area contributed by atoms with Gasteiger partial charge in [-0.25, -0.2) is 0 Å². The van der Waals surface area contributed by atoms with Gasteiger partial charge in [-0.1, -0.05) is 0 Å². The first-order chi connectivity index (χ1) is 5.77. The zero-order valence-corrected chi connectivity index (χ0v) is 7.49. The van der Waals surface area contributed by atoms with Crippen LogP contribution in [0.1, 0.15) is 25.7 Å². The molecule has 0 N–H and O–H groups in total. The summed E-state index contributed by atoms with van der Waals surface area (Å²) >= 11 is 0. The maximum atomic E-state index is 11.4. The fourth-order valence-corrected chi connectivity index (χ4v) is 3.50. The van der Waals surface area contributed by atoms with Gasteiger partial charge in [0.25, 0.3) is 0 Å². The Morgan fingerprint density at radius 3 is 2.08 bits per heavy atom. The van der Waals surface area contributed by atoms with Crippen molar-refractivity contribution < 1.29 is 4.79 Å². The molecule has 0 aromatic heterocycles. The average molecular weight is 165 g/mol. The lowest BCUT2D eigenvalue weighted by Gasteiger charge is -2.32. The molecule has 66 valence electrons. The maximum absolute atomic E-state index is 11.4. The summed E-state index contributed by atoms with van der Waals surface area (Å²) in [4.78, 5) is 13.8. The van der Waals surface area contributed by atoms with Gasteiger partial charge in [-0.05, 0) is 31.7 Å². The first-order valence-corrected chi connectivity index (χ1v) is 5.01. The van der Waals surface area contributed by atoms with Crippen molar-refractivity contribution in [2.75, 3.05) is 7.05 Å². The van der Waals surface area contributed by atoms with Crippen LogP contribution in [0.15, 0.2) is 0 Å². The van der Waals surface area contributed by atoms with E-state index in [9.17, 15) is 4.79 Å². The van der Waals surface area contributed by atoms with Crippen molar-refractivity contribution in [3.63, 3.8) is 0 Å². The Bertz CT molecular complexity index is 212. The third-order valence-corrected chi connectivity index (χ3v) is 4.29. The van der Waals surface area contributed by atoms with Crippen molar-refractivity contribution in [1.29, 1.82) is 0 Å². The van der Waals surface area contributed by atoms with E-state index < -0.39 is 0 Å². The standard InChI is InChI=1S/C10H15NO/c1-11-9-4-6(12)5-10(11)8-3-2-7(8)9/h7-10H,2-5H2,1H3/t7-,8-,9+,10+/m0/s1. The molecule has 1 aliphatic carbocycles. The molecule has 3 fully saturated rings. The molecule has 3 aliphatic rings. The zero-order chi connectivity index (χ0) is 8.29. The van der Waals surface area contributed by atoms with Crippen LogP contribution in [0.4, 0.5) is 0 Å². The van der Waals surface area contributed by atoms with Gasteiger partial charge in [0.2, 0.25) is 0 Å². The smallest absolute Gasteiger partial charge is 0.136 e. The number of fused-ring (bicyclic) bond motifs is 5. The van der Waals surface area contributed by atoms with Crippen LogP contribution in [0.5, 0.6) is 0 Å². The number of hydrogen-bond acceptors (Lipinski definition) is 2. The fraction of sp³-hybridized carbons (Fsp3) is 0.900. The summed E-state index contributed by atoms with van der Waals surface area (Å²) in [5.74, 6) is 2.27. The van der Waals surface area contributed by atoms with Crippen molar-refractivity contribution in [2.45, 2.75) is 37.8 Å². The Kier molecular flexibility index (Phi) is 1.24. The lowest BCUT2D eigenvalue weighted by molar-refractivity contribution is -0.123. The second kappa shape index (κ2) is 2.11. The van der Waals surface area contributed by atoms with E-state index in [1.165, 1.54) is 12.8 Å². The minimum atomic E-state index is 0.512. The Morgan fingerprint density at radius 1 is 1.17 bits per heavy atom. The lowest BCUT2D eigenvalue weighted by atomic mass is 9.71. The van der Waals surface area contributed by atoms with Crippen LogP contribution in [0.3, 0.4) is 0 Å². The number of piperidine rings is 1. The van der Waals surface area contributed by atoms with Gasteiger partial charge in [0.15, 0.2) is 0 Å². The fourth-order valence-electron chi connectivity index (χ4n) is 3.50. The van der Waals surface area contributed by atoms with Gasteiger partial charge in [0.1, 0.15) is 5.78 Å². The Morgan fingerprint density at radius 2 is 1.67 bits per heavy atom. The highest BCUT2D eigenvalue weighted by Gasteiger charge is 2.54. The van der Waals surface area contributed by atoms with E-state index in [1.54, 1.807) is 0 Å². The molecule has 0 unspecified atom stereocenters. The first-order valence-electron chi connectivity index (χ1n) is 5.01. The molecule has 2 heterocycles. The molecule has 2 heteroatoms. The van der Waals surface area contributed by atoms with Crippen molar-refractivity contribution in [2.24, 2.45) is 11.8 Å². The number of carbonyl (C=O) groups excluding carboxylic acids is 1. The van der Waals surface area contributed by atoms with E-state index >= 15 is 0 Å². The summed E-state index contributed by atoms with van der Waals surface area (Å²) in [6, 6.07) is 1.24. The van der Waals surface area contributed by atoms with Crippen LogP contribution in [-0.4, -0.2) is 29.8 Å². The summed E-state index contributed by atoms with van der Waals surface area (Å²) in [5, 5.41) is 0. The third kappa shape index (κ3) is 0.674. The summed E-state index contributed by atoms with van der Waals surface area (Å²) in [5.41, 5.74) is 0. The zero-order valence-electron chi connectivity index (χ0n) is 7.49. The van der Waals surface area contributed by atoms with Gasteiger partial charge in [0.05, 0.1) is 0 Å². The molecule has 2 aliphatic heterocycles. The molecule has 0 amide bonds. The quantitative estimate of drug-likeness (QED) is 0.535. The van der Waals surface area contributed by atoms with Crippen LogP contribution in [-0.2, 0) is 4.79 Å². The van der Waals surface area contributed by atoms with Crippen molar-refractivity contribution in [3.8, 4) is 0 Å². The van der Waals surface area contributed by atoms with Crippen LogP contribution < -0.4 is 0 Å². The first kappa shape index (κ1) is 7.07. The van der Waals surface area contributed by atoms with Gasteiger partial charge in [-0.15, -0.1) is 0 Å². The van der Waals surface area contributed by atoms with Crippen molar-refractivity contribution >= 4 is 5.78 Å². The molecule has 1 saturated carbocycles. The minimum absolute atomic E-state index is 0.512. The molecule has 0 aromatic carbocycles. The van der Waals surface area contributed by atoms with E-state index in [1.807, 2.05) is 0 Å². The van der Waals surface area contributed by atoms with E-state index in [0.29, 0.717) is 17.9 Å². The molecule has 2 nitrogen and oxygen atoms in total. The topological polar surface area (TPSA) is 20.3 Å². The van der Waals surface area contributed by atoms with Gasteiger partial charge in [0, 0.05) is 24.9 Å². The van der Waals surface area contributed by atoms with Crippen molar-refractivity contribution in [3.05, 3.63) is 0 Å². The largest absolute Gasteiger partial charge is 0.300 e. The summed E-state index contributed by atoms with van der Waals surface area (Å²) in [7, 11) is 2.21. The molecule has 2 bridgehead atoms. The van der Waals surface area contributed by atoms with E-state index in [-0.39, 0.29) is 0 Å². The number of hydrogen-bond donors (Lipinski definition) is 0. The van der Waals surface area contributed by atoms with Crippen molar-refractivity contribution in [1.82, 2.24) is 4.90 Å². The van der Waals surface area contributed by atoms with E-state index in [4.69, 9.17) is 0 Å². The Balaban J connectivity index is 1.95. The number of nitrogens with zero attached hydrogens (tertiary/aromatic N) is 1. The number of rotatable bonds is 0. The van der Waals surface area contributed by atoms with E-state index in [0.717, 1.165) is 24.7 Å². The summed E-state index contributed by atoms with van der Waals surface area (Å²) in [6.07, 6.45) is 4.44. The number of Topliss-reactive ketones (excluding diaryl/α,β-unsaturated/α-hetero) is 1. The highest BCUT2D eigenvalue weighted by atomic mass is 16.1. The Hall–Kier alpha value is -0.370. The average Bonchev–Trinajstić information content (AvgIpc) is 2.10. The second-order valence-corrected chi connectivity index (χ2v) is 4.65. The third-order valence-electron chi connectivity index (χ3n) is 4.29. The van der Waals surface area contributed by atoms with Gasteiger partial charge in [-0.2, -0.15) is 0 Å². The minimum Gasteiger partial charge on any atom is -0.300 e. The molecule has 0 radical (unpaired) electrons. The highest BCUT2D eigenvalue weighted by molar-refractivity contribution is 5.81. The maximum Gasteiger partial charge on any atom is 0.136 e. The van der Waals surface area contributed by atoms with Gasteiger partial charge >= 0.3 is 0 Å². The molecule has 2 saturated heterocycles. The summed E-state index contributed by atoms with van der Waals surface area (Å²) < 4.78 is 0. The summed E-state index contributed by atoms with van der Waals surface area (Å²) in [6.45, 7) is 0. The molecule has 4 atom stereocenters. The normalized spacial score (nSPS) is 51.9. The monoisotopic (exact) mass is 165 g/mol. The Labute approximate surface area is 72.9 Å². The lowest BCUT2D eigenvalue weighted by Crippen LogP contribution is -2.41. The van der Waals surface area contributed by atoms with E-state index in [2.05, 4.69) is 11.9 Å².